The molecule has 0 aliphatic carbocycles. The second kappa shape index (κ2) is 5.09. The molecule has 0 aliphatic rings. The molecule has 4 nitrogen and oxygen atoms in total. The minimum atomic E-state index is -0.405. The van der Waals surface area contributed by atoms with Crippen molar-refractivity contribution in [3.05, 3.63) is 35.6 Å². The number of hydrogen-bond acceptors (Lipinski definition) is 2. The minimum Gasteiger partial charge on any atom is -0.358 e. The molecule has 15 heavy (non-hydrogen) atoms. The summed E-state index contributed by atoms with van der Waals surface area (Å²) < 4.78 is 12.5. The molecule has 0 spiro atoms. The summed E-state index contributed by atoms with van der Waals surface area (Å²) in [4.78, 5) is 22.2. The van der Waals surface area contributed by atoms with Crippen molar-refractivity contribution in [2.75, 3.05) is 13.6 Å². The largest absolute Gasteiger partial charge is 0.358 e. The van der Waals surface area contributed by atoms with Crippen molar-refractivity contribution in [1.29, 1.82) is 0 Å². The van der Waals surface area contributed by atoms with Crippen LogP contribution in [0.1, 0.15) is 10.4 Å². The molecule has 0 aliphatic heterocycles. The van der Waals surface area contributed by atoms with Crippen LogP contribution in [0.3, 0.4) is 0 Å². The number of hydrogen-bond donors (Lipinski definition) is 2. The summed E-state index contributed by atoms with van der Waals surface area (Å²) in [6, 6.07) is 5.09. The van der Waals surface area contributed by atoms with E-state index in [1.807, 2.05) is 0 Å². The summed E-state index contributed by atoms with van der Waals surface area (Å²) >= 11 is 0. The third-order valence-electron chi connectivity index (χ3n) is 1.79. The van der Waals surface area contributed by atoms with Crippen LogP contribution in [0.4, 0.5) is 4.39 Å². The van der Waals surface area contributed by atoms with E-state index in [9.17, 15) is 14.0 Å². The predicted molar refractivity (Wildman–Crippen MR) is 52.8 cm³/mol. The molecule has 0 aromatic heterocycles. The van der Waals surface area contributed by atoms with Crippen molar-refractivity contribution in [3.63, 3.8) is 0 Å². The third-order valence-corrected chi connectivity index (χ3v) is 1.79. The van der Waals surface area contributed by atoms with Gasteiger partial charge in [-0.3, -0.25) is 9.59 Å². The molecule has 0 atom stereocenters. The fourth-order valence-corrected chi connectivity index (χ4v) is 0.952. The highest BCUT2D eigenvalue weighted by atomic mass is 19.1. The second-order valence-electron chi connectivity index (χ2n) is 2.86. The number of nitrogens with one attached hydrogen (secondary N) is 2. The van der Waals surface area contributed by atoms with E-state index < -0.39 is 11.7 Å². The zero-order valence-corrected chi connectivity index (χ0v) is 8.21. The zero-order chi connectivity index (χ0) is 11.3. The zero-order valence-electron chi connectivity index (χ0n) is 8.21. The van der Waals surface area contributed by atoms with Crippen molar-refractivity contribution in [1.82, 2.24) is 10.6 Å². The Morgan fingerprint density at radius 1 is 1.27 bits per heavy atom. The van der Waals surface area contributed by atoms with Crippen LogP contribution in [0.5, 0.6) is 0 Å². The first-order valence-electron chi connectivity index (χ1n) is 4.38. The van der Waals surface area contributed by atoms with Gasteiger partial charge in [0, 0.05) is 12.6 Å². The maximum Gasteiger partial charge on any atom is 0.251 e. The van der Waals surface area contributed by atoms with Crippen LogP contribution in [0.15, 0.2) is 24.3 Å². The summed E-state index contributed by atoms with van der Waals surface area (Å²) in [5.74, 6) is -1.10. The van der Waals surface area contributed by atoms with Gasteiger partial charge in [0.05, 0.1) is 6.54 Å². The molecule has 80 valence electrons. The van der Waals surface area contributed by atoms with Gasteiger partial charge in [-0.1, -0.05) is 0 Å². The van der Waals surface area contributed by atoms with Gasteiger partial charge in [0.2, 0.25) is 5.91 Å². The lowest BCUT2D eigenvalue weighted by Crippen LogP contribution is -2.35. The van der Waals surface area contributed by atoms with E-state index in [1.54, 1.807) is 0 Å². The minimum absolute atomic E-state index is 0.0906. The van der Waals surface area contributed by atoms with Crippen LogP contribution in [0.25, 0.3) is 0 Å². The van der Waals surface area contributed by atoms with Crippen LogP contribution < -0.4 is 10.6 Å². The molecule has 0 heterocycles. The van der Waals surface area contributed by atoms with E-state index in [0.29, 0.717) is 5.56 Å². The molecule has 0 unspecified atom stereocenters. The van der Waals surface area contributed by atoms with E-state index in [-0.39, 0.29) is 12.5 Å². The van der Waals surface area contributed by atoms with Crippen molar-refractivity contribution in [3.8, 4) is 0 Å². The fraction of sp³-hybridized carbons (Fsp3) is 0.200. The molecule has 1 rings (SSSR count). The maximum atomic E-state index is 12.5. The van der Waals surface area contributed by atoms with E-state index in [1.165, 1.54) is 31.3 Å². The van der Waals surface area contributed by atoms with Gasteiger partial charge in [-0.25, -0.2) is 4.39 Å². The number of halogens is 1. The van der Waals surface area contributed by atoms with Gasteiger partial charge in [0.15, 0.2) is 0 Å². The highest BCUT2D eigenvalue weighted by Crippen LogP contribution is 2.01. The van der Waals surface area contributed by atoms with Crippen molar-refractivity contribution in [2.45, 2.75) is 0 Å². The van der Waals surface area contributed by atoms with E-state index in [0.717, 1.165) is 0 Å². The topological polar surface area (TPSA) is 58.2 Å². The number of carbonyl (C=O) groups excluding carboxylic acids is 2. The second-order valence-corrected chi connectivity index (χ2v) is 2.86. The molecule has 0 radical (unpaired) electrons. The quantitative estimate of drug-likeness (QED) is 0.754. The Balaban J connectivity index is 2.54. The van der Waals surface area contributed by atoms with E-state index >= 15 is 0 Å². The number of rotatable bonds is 3. The standard InChI is InChI=1S/C10H11FN2O2/c1-12-9(14)6-13-10(15)7-2-4-8(11)5-3-7/h2-5H,6H2,1H3,(H,12,14)(H,13,15). The Hall–Kier alpha value is -1.91. The van der Waals surface area contributed by atoms with Crippen LogP contribution in [0, 0.1) is 5.82 Å². The van der Waals surface area contributed by atoms with Gasteiger partial charge in [0.1, 0.15) is 5.82 Å². The molecule has 0 bridgehead atoms. The van der Waals surface area contributed by atoms with Crippen LogP contribution in [-0.2, 0) is 4.79 Å². The van der Waals surface area contributed by atoms with Gasteiger partial charge in [-0.2, -0.15) is 0 Å². The summed E-state index contributed by atoms with van der Waals surface area (Å²) in [6.07, 6.45) is 0. The Labute approximate surface area is 86.5 Å². The van der Waals surface area contributed by atoms with Crippen LogP contribution >= 0.6 is 0 Å². The fourth-order valence-electron chi connectivity index (χ4n) is 0.952. The molecule has 0 saturated carbocycles. The molecule has 1 aromatic carbocycles. The summed E-state index contributed by atoms with van der Waals surface area (Å²) in [5.41, 5.74) is 0.320. The number of likely N-dealkylation sites (N-methyl/N-ethyl adjacent to an activating group) is 1. The normalized spacial score (nSPS) is 9.47. The van der Waals surface area contributed by atoms with Gasteiger partial charge in [-0.15, -0.1) is 0 Å². The van der Waals surface area contributed by atoms with Crippen molar-refractivity contribution >= 4 is 11.8 Å². The molecule has 2 amide bonds. The number of carbonyl (C=O) groups is 2. The molecular weight excluding hydrogens is 199 g/mol. The Morgan fingerprint density at radius 2 is 1.87 bits per heavy atom. The molecule has 0 saturated heterocycles. The first-order valence-corrected chi connectivity index (χ1v) is 4.38. The van der Waals surface area contributed by atoms with Gasteiger partial charge >= 0.3 is 0 Å². The van der Waals surface area contributed by atoms with Gasteiger partial charge in [-0.05, 0) is 24.3 Å². The third kappa shape index (κ3) is 3.38. The Bertz CT molecular complexity index is 362. The monoisotopic (exact) mass is 210 g/mol. The maximum absolute atomic E-state index is 12.5. The molecule has 1 aromatic rings. The smallest absolute Gasteiger partial charge is 0.251 e. The summed E-state index contributed by atoms with van der Waals surface area (Å²) in [6.45, 7) is -0.0906. The van der Waals surface area contributed by atoms with Crippen molar-refractivity contribution in [2.24, 2.45) is 0 Å². The van der Waals surface area contributed by atoms with Gasteiger partial charge < -0.3 is 10.6 Å². The lowest BCUT2D eigenvalue weighted by molar-refractivity contribution is -0.119. The SMILES string of the molecule is CNC(=O)CNC(=O)c1ccc(F)cc1. The first-order chi connectivity index (χ1) is 7.13. The lowest BCUT2D eigenvalue weighted by atomic mass is 10.2. The average Bonchev–Trinajstić information content (AvgIpc) is 2.26. The number of amides is 2. The lowest BCUT2D eigenvalue weighted by Gasteiger charge is -2.03. The Kier molecular flexibility index (Phi) is 3.79. The molecule has 0 fully saturated rings. The van der Waals surface area contributed by atoms with E-state index in [4.69, 9.17) is 0 Å². The highest BCUT2D eigenvalue weighted by molar-refractivity contribution is 5.96. The highest BCUT2D eigenvalue weighted by Gasteiger charge is 2.06. The Morgan fingerprint density at radius 3 is 2.40 bits per heavy atom. The van der Waals surface area contributed by atoms with Crippen molar-refractivity contribution < 1.29 is 14.0 Å². The summed E-state index contributed by atoms with van der Waals surface area (Å²) in [7, 11) is 1.48. The summed E-state index contributed by atoms with van der Waals surface area (Å²) in [5, 5.41) is 4.76. The molecule has 2 N–H and O–H groups in total. The van der Waals surface area contributed by atoms with Crippen LogP contribution in [-0.4, -0.2) is 25.4 Å². The van der Waals surface area contributed by atoms with Gasteiger partial charge in [0.25, 0.3) is 5.91 Å². The van der Waals surface area contributed by atoms with E-state index in [2.05, 4.69) is 10.6 Å². The van der Waals surface area contributed by atoms with Crippen LogP contribution in [0.2, 0.25) is 0 Å². The predicted octanol–water partition coefficient (Wildman–Crippen LogP) is 0.301. The number of benzene rings is 1. The first kappa shape index (κ1) is 11.2. The molecule has 5 heteroatoms. The molecular formula is C10H11FN2O2. The average molecular weight is 210 g/mol.